The zero-order valence-electron chi connectivity index (χ0n) is 57.7. The number of amides is 10. The summed E-state index contributed by atoms with van der Waals surface area (Å²) in [6.45, 7) is 7.94. The lowest BCUT2D eigenvalue weighted by atomic mass is 9.77. The molecule has 2 aromatic heterocycles. The lowest BCUT2D eigenvalue weighted by molar-refractivity contribution is -0.135. The van der Waals surface area contributed by atoms with Gasteiger partial charge in [0, 0.05) is 89.3 Å². The van der Waals surface area contributed by atoms with E-state index in [0.717, 1.165) is 0 Å². The maximum absolute atomic E-state index is 14.4. The molecule has 0 saturated carbocycles. The molecule has 8 atom stereocenters. The number of unbranched alkanes of at least 4 members (excludes halogenated alkanes) is 1. The van der Waals surface area contributed by atoms with Gasteiger partial charge in [0.05, 0.1) is 24.5 Å². The maximum atomic E-state index is 14.4. The Balaban J connectivity index is 0.847. The molecule has 2 aliphatic heterocycles. The summed E-state index contributed by atoms with van der Waals surface area (Å²) in [5.41, 5.74) is 19.9. The van der Waals surface area contributed by atoms with Crippen LogP contribution in [0.3, 0.4) is 0 Å². The Hall–Kier alpha value is -10.8. The minimum absolute atomic E-state index is 0.0765. The minimum Gasteiger partial charge on any atom is -0.508 e. The van der Waals surface area contributed by atoms with E-state index in [9.17, 15) is 63.0 Å². The fourth-order valence-corrected chi connectivity index (χ4v) is 12.6. The fraction of sp³-hybridized carbons (Fsp3) is 0.414. The van der Waals surface area contributed by atoms with Crippen LogP contribution in [0.25, 0.3) is 10.9 Å². The Morgan fingerprint density at radius 3 is 1.94 bits per heavy atom. The normalized spacial score (nSPS) is 14.8. The molecule has 4 aromatic carbocycles. The van der Waals surface area contributed by atoms with E-state index in [-0.39, 0.29) is 84.5 Å². The van der Waals surface area contributed by atoms with E-state index in [4.69, 9.17) is 38.9 Å². The summed E-state index contributed by atoms with van der Waals surface area (Å²) in [5.74, 6) is -8.30. The standard InChI is InChI=1S/C70H88N16O15S2/c1-35(2)25-52(65(96)82-50(60(73)91)22-24-103-6)84-66(97)54(28-40-32-74-34-78-40)81-58(90)33-77-67(98)59(36(3)4)86-61(92)37(5)79-64(95)53(26-38-31-76-49-13-8-7-11-43(38)49)85-63(94)51(20-21-57(72)89)83-62(93)48(71)12-9-10-23-75-69(102)80-39-14-17-45-44(27-39)68(99)101-70(45)46-18-15-41(87)29-55(46)100-56-30-42(88)16-19-47(56)70/h7-8,11,13-19,27,29-32,34-37,48,50-54,59,76,87-88H,9-10,12,20-26,28,33,71H2,1-6H3,(H2,72,89)(H2,73,91)(H,74,78)(H,77,98)(H,79,95)(H,81,90)(H,82,96)(H,83,93)(H,84,97)(H,85,94)(H,86,92)(H2,75,80,102). The number of nitrogens with two attached hydrogens (primary N) is 3. The van der Waals surface area contributed by atoms with Gasteiger partial charge in [0.1, 0.15) is 65.3 Å². The van der Waals surface area contributed by atoms with Gasteiger partial charge in [-0.1, -0.05) is 52.0 Å². The fourth-order valence-electron chi connectivity index (χ4n) is 11.9. The highest BCUT2D eigenvalue weighted by molar-refractivity contribution is 7.98. The molecule has 10 amide bonds. The SMILES string of the molecule is CSCCC(NC(=O)C(CC(C)C)NC(=O)C(Cc1cnc[nH]1)NC(=O)CNC(=O)C(NC(=O)C(C)NC(=O)C(Cc1c[nH]c2ccccc12)NC(=O)C(CCC(N)=O)NC(=O)C(N)CCCCNC(=S)Nc1ccc2c(c1)C(=O)OC21c2ccc(O)cc2Oc2cc(O)ccc21)C(C)C)C(N)=O. The number of phenols is 2. The predicted octanol–water partition coefficient (Wildman–Crippen LogP) is 1.88. The molecule has 0 fully saturated rings. The number of nitrogens with zero attached hydrogens (tertiary/aromatic N) is 1. The smallest absolute Gasteiger partial charge is 0.340 e. The topological polar surface area (TPSA) is 490 Å². The monoisotopic (exact) mass is 1460 g/mol. The third-order valence-corrected chi connectivity index (χ3v) is 18.2. The Morgan fingerprint density at radius 1 is 0.660 bits per heavy atom. The number of primary amides is 2. The number of anilines is 1. The molecule has 0 bridgehead atoms. The van der Waals surface area contributed by atoms with Gasteiger partial charge < -0.3 is 100 Å². The molecule has 0 saturated heterocycles. The van der Waals surface area contributed by atoms with Gasteiger partial charge in [-0.15, -0.1) is 0 Å². The van der Waals surface area contributed by atoms with Crippen LogP contribution >= 0.6 is 24.0 Å². The number of hydrogen-bond donors (Lipinski definition) is 17. The van der Waals surface area contributed by atoms with Crippen molar-refractivity contribution in [3.8, 4) is 23.0 Å². The van der Waals surface area contributed by atoms with Crippen LogP contribution in [0.5, 0.6) is 23.0 Å². The van der Waals surface area contributed by atoms with Crippen molar-refractivity contribution in [1.82, 2.24) is 62.8 Å². The number of para-hydroxylation sites is 1. The van der Waals surface area contributed by atoms with Gasteiger partial charge in [0.25, 0.3) is 0 Å². The van der Waals surface area contributed by atoms with Crippen LogP contribution in [0.2, 0.25) is 0 Å². The maximum Gasteiger partial charge on any atom is 0.340 e. The lowest BCUT2D eigenvalue weighted by Crippen LogP contribution is -2.59. The number of thioether (sulfide) groups is 1. The molecule has 103 heavy (non-hydrogen) atoms. The van der Waals surface area contributed by atoms with Gasteiger partial charge in [-0.05, 0) is 130 Å². The number of H-pyrrole nitrogens is 2. The van der Waals surface area contributed by atoms with Gasteiger partial charge in [0.2, 0.25) is 59.1 Å². The van der Waals surface area contributed by atoms with Crippen LogP contribution < -0.4 is 75.1 Å². The van der Waals surface area contributed by atoms with E-state index in [1.54, 1.807) is 68.6 Å². The molecule has 31 nitrogen and oxygen atoms in total. The van der Waals surface area contributed by atoms with Crippen molar-refractivity contribution in [2.75, 3.05) is 30.4 Å². The number of rotatable bonds is 36. The Kier molecular flexibility index (Phi) is 27.0. The number of aromatic hydroxyl groups is 2. The molecule has 8 unspecified atom stereocenters. The second-order valence-electron chi connectivity index (χ2n) is 26.0. The van der Waals surface area contributed by atoms with Crippen molar-refractivity contribution < 1.29 is 72.4 Å². The summed E-state index contributed by atoms with van der Waals surface area (Å²) in [6.07, 6.45) is 6.86. The number of esters is 1. The summed E-state index contributed by atoms with van der Waals surface area (Å²) in [4.78, 5) is 159. The second-order valence-corrected chi connectivity index (χ2v) is 27.4. The van der Waals surface area contributed by atoms with E-state index >= 15 is 0 Å². The summed E-state index contributed by atoms with van der Waals surface area (Å²) >= 11 is 7.04. The highest BCUT2D eigenvalue weighted by atomic mass is 32.2. The van der Waals surface area contributed by atoms with Crippen molar-refractivity contribution in [3.05, 3.63) is 131 Å². The summed E-state index contributed by atoms with van der Waals surface area (Å²) in [5, 5.41) is 48.6. The number of ether oxygens (including phenoxy) is 2. The first-order valence-corrected chi connectivity index (χ1v) is 35.4. The molecule has 33 heteroatoms. The lowest BCUT2D eigenvalue weighted by Gasteiger charge is -2.36. The van der Waals surface area contributed by atoms with E-state index in [1.165, 1.54) is 55.5 Å². The number of aromatic amines is 2. The van der Waals surface area contributed by atoms with Gasteiger partial charge in [-0.2, -0.15) is 11.8 Å². The number of hydrogen-bond acceptors (Lipinski definition) is 19. The first kappa shape index (κ1) is 77.9. The molecule has 6 aromatic rings. The average Bonchev–Trinajstić information content (AvgIpc) is 1.60. The zero-order valence-corrected chi connectivity index (χ0v) is 59.3. The molecule has 550 valence electrons. The molecule has 2 aliphatic rings. The number of carbonyl (C=O) groups excluding carboxylic acids is 11. The van der Waals surface area contributed by atoms with E-state index in [2.05, 4.69) is 68.1 Å². The van der Waals surface area contributed by atoms with Crippen LogP contribution in [-0.4, -0.2) is 169 Å². The van der Waals surface area contributed by atoms with E-state index in [1.807, 2.05) is 26.2 Å². The highest BCUT2D eigenvalue weighted by Gasteiger charge is 2.54. The number of phenolic OH excluding ortho intramolecular Hbond substituents is 2. The molecule has 1 spiro atoms. The van der Waals surface area contributed by atoms with Crippen LogP contribution in [-0.2, 0) is 71.1 Å². The number of aromatic nitrogens is 3. The van der Waals surface area contributed by atoms with Crippen molar-refractivity contribution in [1.29, 1.82) is 0 Å². The van der Waals surface area contributed by atoms with Crippen LogP contribution in [0, 0.1) is 11.8 Å². The molecule has 4 heterocycles. The Bertz CT molecular complexity index is 4080. The second kappa shape index (κ2) is 35.7. The minimum atomic E-state index is -1.45. The molecule has 20 N–H and O–H groups in total. The first-order valence-electron chi connectivity index (χ1n) is 33.6. The molecule has 8 rings (SSSR count). The van der Waals surface area contributed by atoms with Gasteiger partial charge in [-0.3, -0.25) is 47.9 Å². The van der Waals surface area contributed by atoms with Crippen molar-refractivity contribution >= 4 is 111 Å². The van der Waals surface area contributed by atoms with Crippen LogP contribution in [0.15, 0.2) is 97.6 Å². The summed E-state index contributed by atoms with van der Waals surface area (Å²) in [7, 11) is 0. The van der Waals surface area contributed by atoms with E-state index in [0.29, 0.717) is 69.7 Å². The number of benzene rings is 4. The average molecular weight is 1460 g/mol. The Morgan fingerprint density at radius 2 is 1.29 bits per heavy atom. The van der Waals surface area contributed by atoms with Crippen molar-refractivity contribution in [2.24, 2.45) is 29.0 Å². The van der Waals surface area contributed by atoms with Gasteiger partial charge in [0.15, 0.2) is 10.7 Å². The first-order chi connectivity index (χ1) is 49.0. The largest absolute Gasteiger partial charge is 0.508 e. The van der Waals surface area contributed by atoms with Crippen molar-refractivity contribution in [2.45, 2.75) is 146 Å². The summed E-state index contributed by atoms with van der Waals surface area (Å²) in [6, 6.07) is 11.1. The number of carbonyl (C=O) groups is 11. The van der Waals surface area contributed by atoms with Crippen LogP contribution in [0.1, 0.15) is 118 Å². The third kappa shape index (κ3) is 20.5. The molecular weight excluding hydrogens is 1370 g/mol. The Labute approximate surface area is 603 Å². The predicted molar refractivity (Wildman–Crippen MR) is 385 cm³/mol. The third-order valence-electron chi connectivity index (χ3n) is 17.3. The molecule has 0 radical (unpaired) electrons. The summed E-state index contributed by atoms with van der Waals surface area (Å²) < 4.78 is 12.2. The number of fused-ring (bicyclic) bond motifs is 7. The molecular formula is C70H88N16O15S2. The van der Waals surface area contributed by atoms with Crippen LogP contribution in [0.4, 0.5) is 5.69 Å². The highest BCUT2D eigenvalue weighted by Crippen LogP contribution is 2.57. The van der Waals surface area contributed by atoms with Gasteiger partial charge >= 0.3 is 5.97 Å². The van der Waals surface area contributed by atoms with Crippen molar-refractivity contribution in [3.63, 3.8) is 0 Å². The number of nitrogens with one attached hydrogen (secondary N) is 12. The number of imidazole rings is 1. The zero-order chi connectivity index (χ0) is 74.8. The van der Waals surface area contributed by atoms with E-state index < -0.39 is 131 Å². The quantitative estimate of drug-likeness (QED) is 0.0152. The number of thiocarbonyl (C=S) groups is 1. The van der Waals surface area contributed by atoms with Gasteiger partial charge in [-0.25, -0.2) is 9.78 Å². The molecule has 0 aliphatic carbocycles.